The lowest BCUT2D eigenvalue weighted by Gasteiger charge is -2.21. The molecule has 1 aliphatic rings. The summed E-state index contributed by atoms with van der Waals surface area (Å²) in [4.78, 5) is 4.60. The van der Waals surface area contributed by atoms with Gasteiger partial charge in [-0.05, 0) is 29.2 Å². The molecule has 0 amide bonds. The van der Waals surface area contributed by atoms with Crippen LogP contribution in [0.4, 0.5) is 0 Å². The van der Waals surface area contributed by atoms with Gasteiger partial charge in [-0.15, -0.1) is 24.8 Å². The summed E-state index contributed by atoms with van der Waals surface area (Å²) < 4.78 is 0. The summed E-state index contributed by atoms with van der Waals surface area (Å²) in [6.07, 6.45) is 1.83. The van der Waals surface area contributed by atoms with Crippen LogP contribution in [-0.2, 0) is 19.4 Å². The summed E-state index contributed by atoms with van der Waals surface area (Å²) >= 11 is 6.38. The first-order chi connectivity index (χ1) is 9.25. The number of benzene rings is 1. The second-order valence-electron chi connectivity index (χ2n) is 5.02. The minimum atomic E-state index is 0. The van der Waals surface area contributed by atoms with Crippen LogP contribution in [0.25, 0.3) is 0 Å². The van der Waals surface area contributed by atoms with E-state index in [-0.39, 0.29) is 24.8 Å². The minimum absolute atomic E-state index is 0. The van der Waals surface area contributed by atoms with E-state index in [0.29, 0.717) is 5.15 Å². The Kier molecular flexibility index (Phi) is 6.95. The fourth-order valence-electron chi connectivity index (χ4n) is 2.67. The minimum Gasteiger partial charge on any atom is -0.312 e. The van der Waals surface area contributed by atoms with Crippen LogP contribution in [0.2, 0.25) is 5.15 Å². The van der Waals surface area contributed by atoms with Gasteiger partial charge in [-0.3, -0.25) is 0 Å². The first-order valence-electron chi connectivity index (χ1n) is 6.67. The van der Waals surface area contributed by atoms with Crippen LogP contribution in [0.5, 0.6) is 0 Å². The third kappa shape index (κ3) is 3.89. The van der Waals surface area contributed by atoms with E-state index in [9.17, 15) is 0 Å². The zero-order chi connectivity index (χ0) is 13.2. The lowest BCUT2D eigenvalue weighted by atomic mass is 9.95. The number of rotatable bonds is 2. The molecule has 21 heavy (non-hydrogen) atoms. The number of fused-ring (bicyclic) bond motifs is 1. The molecule has 0 fully saturated rings. The van der Waals surface area contributed by atoms with Crippen LogP contribution in [0.1, 0.15) is 27.9 Å². The van der Waals surface area contributed by atoms with Crippen molar-refractivity contribution >= 4 is 36.4 Å². The molecular formula is C16H19Cl3N2. The fourth-order valence-corrected chi connectivity index (χ4v) is 2.98. The van der Waals surface area contributed by atoms with Crippen molar-refractivity contribution in [2.75, 3.05) is 6.54 Å². The van der Waals surface area contributed by atoms with E-state index in [1.807, 2.05) is 6.07 Å². The van der Waals surface area contributed by atoms with Gasteiger partial charge in [0.15, 0.2) is 0 Å². The molecule has 0 saturated heterocycles. The van der Waals surface area contributed by atoms with Crippen molar-refractivity contribution in [3.05, 3.63) is 63.4 Å². The van der Waals surface area contributed by atoms with E-state index in [4.69, 9.17) is 11.6 Å². The van der Waals surface area contributed by atoms with E-state index in [2.05, 4.69) is 41.5 Å². The molecule has 1 aliphatic heterocycles. The van der Waals surface area contributed by atoms with Crippen molar-refractivity contribution in [3.63, 3.8) is 0 Å². The Morgan fingerprint density at radius 1 is 1.19 bits per heavy atom. The quantitative estimate of drug-likeness (QED) is 0.828. The maximum Gasteiger partial charge on any atom is 0.133 e. The summed E-state index contributed by atoms with van der Waals surface area (Å²) in [5.74, 6) is 0. The van der Waals surface area contributed by atoms with Crippen LogP contribution in [-0.4, -0.2) is 11.5 Å². The molecule has 0 spiro atoms. The van der Waals surface area contributed by atoms with Gasteiger partial charge < -0.3 is 5.32 Å². The molecule has 1 aromatic heterocycles. The highest BCUT2D eigenvalue weighted by Crippen LogP contribution is 2.27. The van der Waals surface area contributed by atoms with Gasteiger partial charge in [-0.25, -0.2) is 4.98 Å². The highest BCUT2D eigenvalue weighted by molar-refractivity contribution is 6.30. The number of hydrogen-bond acceptors (Lipinski definition) is 2. The van der Waals surface area contributed by atoms with E-state index in [1.54, 1.807) is 0 Å². The van der Waals surface area contributed by atoms with Crippen molar-refractivity contribution < 1.29 is 0 Å². The molecule has 114 valence electrons. The van der Waals surface area contributed by atoms with Gasteiger partial charge in [0.2, 0.25) is 0 Å². The van der Waals surface area contributed by atoms with Crippen molar-refractivity contribution in [1.82, 2.24) is 10.3 Å². The lowest BCUT2D eigenvalue weighted by molar-refractivity contribution is 0.625. The molecule has 1 aromatic carbocycles. The molecule has 0 saturated carbocycles. The summed E-state index contributed by atoms with van der Waals surface area (Å²) in [7, 11) is 0. The zero-order valence-corrected chi connectivity index (χ0v) is 14.2. The predicted octanol–water partition coefficient (Wildman–Crippen LogP) is 4.12. The Hall–Kier alpha value is -0.800. The van der Waals surface area contributed by atoms with Crippen molar-refractivity contribution in [1.29, 1.82) is 0 Å². The van der Waals surface area contributed by atoms with Crippen LogP contribution >= 0.6 is 36.4 Å². The lowest BCUT2D eigenvalue weighted by Crippen LogP contribution is -2.26. The molecule has 3 rings (SSSR count). The third-order valence-electron chi connectivity index (χ3n) is 3.80. The topological polar surface area (TPSA) is 24.9 Å². The van der Waals surface area contributed by atoms with Crippen LogP contribution in [0, 0.1) is 6.92 Å². The summed E-state index contributed by atoms with van der Waals surface area (Å²) in [5, 5.41) is 4.08. The predicted molar refractivity (Wildman–Crippen MR) is 93.1 cm³/mol. The van der Waals surface area contributed by atoms with E-state index in [1.165, 1.54) is 16.7 Å². The maximum absolute atomic E-state index is 6.38. The van der Waals surface area contributed by atoms with Crippen molar-refractivity contribution in [2.24, 2.45) is 0 Å². The van der Waals surface area contributed by atoms with Gasteiger partial charge in [0.05, 0.1) is 0 Å². The molecule has 2 heterocycles. The normalized spacial score (nSPS) is 12.9. The first-order valence-corrected chi connectivity index (χ1v) is 7.05. The number of halogens is 3. The fraction of sp³-hybridized carbons (Fsp3) is 0.312. The van der Waals surface area contributed by atoms with Gasteiger partial charge in [0, 0.05) is 31.6 Å². The van der Waals surface area contributed by atoms with Gasteiger partial charge in [0.25, 0.3) is 0 Å². The largest absolute Gasteiger partial charge is 0.312 e. The molecule has 0 radical (unpaired) electrons. The Bertz CT molecular complexity index is 600. The summed E-state index contributed by atoms with van der Waals surface area (Å²) in [6, 6.07) is 10.4. The average molecular weight is 346 g/mol. The highest BCUT2D eigenvalue weighted by atomic mass is 35.5. The van der Waals surface area contributed by atoms with Gasteiger partial charge in [-0.1, -0.05) is 41.9 Å². The molecule has 2 aromatic rings. The van der Waals surface area contributed by atoms with Gasteiger partial charge in [0.1, 0.15) is 5.15 Å². The van der Waals surface area contributed by atoms with Crippen molar-refractivity contribution in [3.8, 4) is 0 Å². The maximum atomic E-state index is 6.38. The first kappa shape index (κ1) is 18.2. The zero-order valence-electron chi connectivity index (χ0n) is 11.9. The second-order valence-corrected chi connectivity index (χ2v) is 5.38. The van der Waals surface area contributed by atoms with Gasteiger partial charge in [-0.2, -0.15) is 0 Å². The van der Waals surface area contributed by atoms with Gasteiger partial charge >= 0.3 is 0 Å². The van der Waals surface area contributed by atoms with Crippen LogP contribution in [0.3, 0.4) is 0 Å². The Labute approximate surface area is 143 Å². The molecule has 2 nitrogen and oxygen atoms in total. The smallest absolute Gasteiger partial charge is 0.133 e. The van der Waals surface area contributed by atoms with Crippen LogP contribution in [0.15, 0.2) is 30.3 Å². The van der Waals surface area contributed by atoms with E-state index < -0.39 is 0 Å². The van der Waals surface area contributed by atoms with Crippen molar-refractivity contribution in [2.45, 2.75) is 26.3 Å². The number of nitrogens with zero attached hydrogens (tertiary/aromatic N) is 1. The molecule has 0 bridgehead atoms. The molecule has 0 aliphatic carbocycles. The molecular weight excluding hydrogens is 327 g/mol. The number of pyridine rings is 1. The molecule has 0 atom stereocenters. The average Bonchev–Trinajstić information content (AvgIpc) is 2.45. The van der Waals surface area contributed by atoms with Crippen LogP contribution < -0.4 is 5.32 Å². The summed E-state index contributed by atoms with van der Waals surface area (Å²) in [5.41, 5.74) is 6.24. The van der Waals surface area contributed by atoms with E-state index >= 15 is 0 Å². The third-order valence-corrected chi connectivity index (χ3v) is 4.11. The van der Waals surface area contributed by atoms with E-state index in [0.717, 1.165) is 37.2 Å². The Morgan fingerprint density at radius 3 is 2.62 bits per heavy atom. The standard InChI is InChI=1S/C16H17ClN2.2ClH/c1-11-13(9-12-5-3-2-4-6-12)16(17)19-15-7-8-18-10-14(11)15;;/h2-6,18H,7-10H2,1H3;2*1H. The monoisotopic (exact) mass is 344 g/mol. The Balaban J connectivity index is 0.00000110. The second kappa shape index (κ2) is 8.00. The molecule has 0 unspecified atom stereocenters. The SMILES string of the molecule is Cc1c(Cc2ccccc2)c(Cl)nc2c1CNCC2.Cl.Cl. The Morgan fingerprint density at radius 2 is 1.90 bits per heavy atom. The number of hydrogen-bond donors (Lipinski definition) is 1. The number of nitrogens with one attached hydrogen (secondary N) is 1. The summed E-state index contributed by atoms with van der Waals surface area (Å²) in [6.45, 7) is 4.07. The number of aromatic nitrogens is 1. The molecule has 1 N–H and O–H groups in total. The molecule has 5 heteroatoms. The highest BCUT2D eigenvalue weighted by Gasteiger charge is 2.18.